The van der Waals surface area contributed by atoms with E-state index in [1.54, 1.807) is 0 Å². The molecule has 0 aliphatic heterocycles. The molecule has 0 aliphatic rings. The highest BCUT2D eigenvalue weighted by molar-refractivity contribution is 7.85. The number of esters is 1. The molecule has 1 N–H and O–H groups in total. The second-order valence-electron chi connectivity index (χ2n) is 5.75. The van der Waals surface area contributed by atoms with Crippen molar-refractivity contribution in [1.29, 1.82) is 0 Å². The first-order valence-electron chi connectivity index (χ1n) is 6.89. The van der Waals surface area contributed by atoms with Crippen LogP contribution in [-0.4, -0.2) is 18.9 Å². The molecule has 0 fully saturated rings. The predicted molar refractivity (Wildman–Crippen MR) is 79.7 cm³/mol. The smallest absolute Gasteiger partial charge is 0.317 e. The number of benzene rings is 1. The standard InChI is InChI=1S/C15H22O5S/c1-5-6-11(2)15(3,4)14(16)20-12-7-9-13(10-8-12)21(17,18)19/h7-11H,5-6H2,1-4H3,(H,17,18,19). The molecule has 1 unspecified atom stereocenters. The van der Waals surface area contributed by atoms with E-state index in [9.17, 15) is 13.2 Å². The summed E-state index contributed by atoms with van der Waals surface area (Å²) in [5, 5.41) is 0. The van der Waals surface area contributed by atoms with Gasteiger partial charge in [-0.1, -0.05) is 20.3 Å². The van der Waals surface area contributed by atoms with Crippen LogP contribution in [0.5, 0.6) is 5.75 Å². The van der Waals surface area contributed by atoms with Gasteiger partial charge in [-0.3, -0.25) is 9.35 Å². The van der Waals surface area contributed by atoms with E-state index in [-0.39, 0.29) is 22.5 Å². The Morgan fingerprint density at radius 2 is 1.81 bits per heavy atom. The lowest BCUT2D eigenvalue weighted by atomic mass is 9.78. The van der Waals surface area contributed by atoms with Crippen LogP contribution in [0.4, 0.5) is 0 Å². The van der Waals surface area contributed by atoms with Gasteiger partial charge < -0.3 is 4.74 Å². The summed E-state index contributed by atoms with van der Waals surface area (Å²) in [6.07, 6.45) is 1.91. The maximum Gasteiger partial charge on any atom is 0.317 e. The number of hydrogen-bond donors (Lipinski definition) is 1. The van der Waals surface area contributed by atoms with Gasteiger partial charge in [-0.2, -0.15) is 8.42 Å². The van der Waals surface area contributed by atoms with Crippen molar-refractivity contribution in [1.82, 2.24) is 0 Å². The topological polar surface area (TPSA) is 80.7 Å². The van der Waals surface area contributed by atoms with Crippen molar-refractivity contribution in [2.45, 2.75) is 45.4 Å². The minimum absolute atomic E-state index is 0.173. The first kappa shape index (κ1) is 17.7. The summed E-state index contributed by atoms with van der Waals surface area (Å²) in [5.41, 5.74) is -0.627. The van der Waals surface area contributed by atoms with Crippen LogP contribution in [0.3, 0.4) is 0 Å². The van der Waals surface area contributed by atoms with Gasteiger partial charge in [0.15, 0.2) is 0 Å². The highest BCUT2D eigenvalue weighted by Crippen LogP contribution is 2.32. The van der Waals surface area contributed by atoms with Gasteiger partial charge in [0.05, 0.1) is 10.3 Å². The summed E-state index contributed by atoms with van der Waals surface area (Å²) in [6, 6.07) is 5.09. The van der Waals surface area contributed by atoms with Crippen molar-refractivity contribution in [2.75, 3.05) is 0 Å². The van der Waals surface area contributed by atoms with Gasteiger partial charge >= 0.3 is 5.97 Å². The molecular formula is C15H22O5S. The van der Waals surface area contributed by atoms with Crippen LogP contribution in [0.2, 0.25) is 0 Å². The summed E-state index contributed by atoms with van der Waals surface area (Å²) < 4.78 is 36.1. The van der Waals surface area contributed by atoms with Gasteiger partial charge in [0.2, 0.25) is 0 Å². The van der Waals surface area contributed by atoms with Crippen LogP contribution >= 0.6 is 0 Å². The van der Waals surface area contributed by atoms with E-state index in [2.05, 4.69) is 6.92 Å². The van der Waals surface area contributed by atoms with Gasteiger partial charge in [-0.25, -0.2) is 0 Å². The zero-order valence-electron chi connectivity index (χ0n) is 12.8. The van der Waals surface area contributed by atoms with Crippen molar-refractivity contribution >= 4 is 16.1 Å². The zero-order chi connectivity index (χ0) is 16.3. The normalized spacial score (nSPS) is 13.8. The van der Waals surface area contributed by atoms with E-state index < -0.39 is 15.5 Å². The molecule has 1 aromatic carbocycles. The second-order valence-corrected chi connectivity index (χ2v) is 7.17. The van der Waals surface area contributed by atoms with Gasteiger partial charge in [-0.15, -0.1) is 0 Å². The Bertz CT molecular complexity index is 587. The van der Waals surface area contributed by atoms with Crippen LogP contribution in [0.1, 0.15) is 40.5 Å². The minimum atomic E-state index is -4.24. The molecule has 0 saturated heterocycles. The Hall–Kier alpha value is -1.40. The van der Waals surface area contributed by atoms with E-state index in [4.69, 9.17) is 9.29 Å². The maximum absolute atomic E-state index is 12.2. The van der Waals surface area contributed by atoms with E-state index in [0.717, 1.165) is 12.8 Å². The first-order chi connectivity index (χ1) is 9.59. The largest absolute Gasteiger partial charge is 0.426 e. The van der Waals surface area contributed by atoms with Crippen molar-refractivity contribution in [3.63, 3.8) is 0 Å². The number of hydrogen-bond acceptors (Lipinski definition) is 4. The lowest BCUT2D eigenvalue weighted by Crippen LogP contribution is -2.35. The predicted octanol–water partition coefficient (Wildman–Crippen LogP) is 3.30. The lowest BCUT2D eigenvalue weighted by molar-refractivity contribution is -0.146. The zero-order valence-corrected chi connectivity index (χ0v) is 13.6. The number of rotatable bonds is 6. The fourth-order valence-corrected chi connectivity index (χ4v) is 2.39. The number of carbonyl (C=O) groups excluding carboxylic acids is 1. The highest BCUT2D eigenvalue weighted by atomic mass is 32.2. The Kier molecular flexibility index (Phi) is 5.53. The molecule has 0 aliphatic carbocycles. The summed E-state index contributed by atoms with van der Waals surface area (Å²) in [6.45, 7) is 7.74. The van der Waals surface area contributed by atoms with Crippen LogP contribution in [0.15, 0.2) is 29.2 Å². The monoisotopic (exact) mass is 314 g/mol. The van der Waals surface area contributed by atoms with Crippen LogP contribution in [0.25, 0.3) is 0 Å². The molecule has 0 aromatic heterocycles. The third kappa shape index (κ3) is 4.54. The Morgan fingerprint density at radius 3 is 2.24 bits per heavy atom. The van der Waals surface area contributed by atoms with Crippen molar-refractivity contribution in [3.8, 4) is 5.75 Å². The SMILES string of the molecule is CCCC(C)C(C)(C)C(=O)Oc1ccc(S(=O)(=O)O)cc1. The van der Waals surface area contributed by atoms with E-state index in [1.807, 2.05) is 20.8 Å². The van der Waals surface area contributed by atoms with Crippen LogP contribution in [0, 0.1) is 11.3 Å². The van der Waals surface area contributed by atoms with E-state index in [0.29, 0.717) is 0 Å². The molecule has 6 heteroatoms. The highest BCUT2D eigenvalue weighted by Gasteiger charge is 2.35. The molecular weight excluding hydrogens is 292 g/mol. The minimum Gasteiger partial charge on any atom is -0.426 e. The van der Waals surface area contributed by atoms with Gasteiger partial charge in [0.1, 0.15) is 5.75 Å². The Balaban J connectivity index is 2.84. The third-order valence-electron chi connectivity index (χ3n) is 3.81. The summed E-state index contributed by atoms with van der Waals surface area (Å²) in [4.78, 5) is 12.0. The molecule has 0 amide bonds. The molecule has 0 radical (unpaired) electrons. The van der Waals surface area contributed by atoms with Crippen LogP contribution in [-0.2, 0) is 14.9 Å². The van der Waals surface area contributed by atoms with Crippen molar-refractivity contribution in [3.05, 3.63) is 24.3 Å². The van der Waals surface area contributed by atoms with Crippen LogP contribution < -0.4 is 4.74 Å². The average Bonchev–Trinajstić information content (AvgIpc) is 2.38. The summed E-state index contributed by atoms with van der Waals surface area (Å²) in [5.74, 6) is 0.0688. The third-order valence-corrected chi connectivity index (χ3v) is 4.68. The van der Waals surface area contributed by atoms with Gasteiger partial charge in [-0.05, 0) is 50.5 Å². The fourth-order valence-electron chi connectivity index (χ4n) is 1.91. The Labute approximate surface area is 126 Å². The molecule has 0 bridgehead atoms. The van der Waals surface area contributed by atoms with E-state index >= 15 is 0 Å². The van der Waals surface area contributed by atoms with Crippen molar-refractivity contribution < 1.29 is 22.5 Å². The van der Waals surface area contributed by atoms with Gasteiger partial charge in [0.25, 0.3) is 10.1 Å². The van der Waals surface area contributed by atoms with Gasteiger partial charge in [0, 0.05) is 0 Å². The maximum atomic E-state index is 12.2. The van der Waals surface area contributed by atoms with E-state index in [1.165, 1.54) is 24.3 Å². The fraction of sp³-hybridized carbons (Fsp3) is 0.533. The van der Waals surface area contributed by atoms with Crippen molar-refractivity contribution in [2.24, 2.45) is 11.3 Å². The number of ether oxygens (including phenoxy) is 1. The quantitative estimate of drug-likeness (QED) is 0.495. The molecule has 118 valence electrons. The summed E-state index contributed by atoms with van der Waals surface area (Å²) in [7, 11) is -4.24. The summed E-state index contributed by atoms with van der Waals surface area (Å²) >= 11 is 0. The second kappa shape index (κ2) is 6.58. The molecule has 0 heterocycles. The molecule has 5 nitrogen and oxygen atoms in total. The lowest BCUT2D eigenvalue weighted by Gasteiger charge is -2.29. The average molecular weight is 314 g/mol. The molecule has 1 atom stereocenters. The Morgan fingerprint density at radius 1 is 1.29 bits per heavy atom. The molecule has 0 saturated carbocycles. The molecule has 1 rings (SSSR count). The first-order valence-corrected chi connectivity index (χ1v) is 8.33. The number of carbonyl (C=O) groups is 1. The molecule has 21 heavy (non-hydrogen) atoms. The molecule has 0 spiro atoms. The molecule has 1 aromatic rings.